The molecule has 2 nitrogen and oxygen atoms in total. The Labute approximate surface area is 425 Å². The summed E-state index contributed by atoms with van der Waals surface area (Å²) in [5.41, 5.74) is 27.2. The summed E-state index contributed by atoms with van der Waals surface area (Å²) in [5.74, 6) is 0. The van der Waals surface area contributed by atoms with Crippen LogP contribution in [-0.4, -0.2) is 0 Å². The largest absolute Gasteiger partial charge is 0.310 e. The molecule has 0 fully saturated rings. The molecule has 0 bridgehead atoms. The molecule has 0 saturated carbocycles. The van der Waals surface area contributed by atoms with Gasteiger partial charge in [-0.05, 0) is 176 Å². The van der Waals surface area contributed by atoms with E-state index in [0.29, 0.717) is 0 Å². The third kappa shape index (κ3) is 7.94. The standard InChI is InChI=1S/C70H58N2/c1-47-13-11-15-57(43-47)71(59-39-41-63-61-17-7-9-19-65(61)69(3,4)67(63)45-59)55-35-31-53(32-36-55)51-27-23-49(24-28-51)21-22-50-25-29-52(30-26-50)54-33-37-56(38-34-54)72(58-16-12-14-48(2)44-58)60-40-42-64-62-18-8-10-20-66(62)70(5,6)68(64)46-60/h7-46H,1-6H3/b22-21+. The second-order valence-corrected chi connectivity index (χ2v) is 20.8. The van der Waals surface area contributed by atoms with Crippen molar-refractivity contribution < 1.29 is 0 Å². The smallest absolute Gasteiger partial charge is 0.0465 e. The molecule has 72 heavy (non-hydrogen) atoms. The summed E-state index contributed by atoms with van der Waals surface area (Å²) in [4.78, 5) is 4.78. The average molecular weight is 927 g/mol. The molecule has 0 aliphatic heterocycles. The molecular weight excluding hydrogens is 869 g/mol. The molecule has 0 atom stereocenters. The molecule has 0 heterocycles. The summed E-state index contributed by atoms with van der Waals surface area (Å²) in [5, 5.41) is 0. The Kier molecular flexibility index (Phi) is 11.0. The number of aryl methyl sites for hydroxylation is 2. The maximum absolute atomic E-state index is 2.40. The van der Waals surface area contributed by atoms with Crippen LogP contribution in [0.4, 0.5) is 34.1 Å². The van der Waals surface area contributed by atoms with Gasteiger partial charge in [0.05, 0.1) is 0 Å². The predicted octanol–water partition coefficient (Wildman–Crippen LogP) is 19.4. The van der Waals surface area contributed by atoms with Crippen LogP contribution >= 0.6 is 0 Å². The maximum Gasteiger partial charge on any atom is 0.0465 e. The van der Waals surface area contributed by atoms with Crippen LogP contribution < -0.4 is 9.80 Å². The molecule has 0 spiro atoms. The minimum Gasteiger partial charge on any atom is -0.310 e. The average Bonchev–Trinajstić information content (AvgIpc) is 3.78. The normalized spacial score (nSPS) is 13.6. The van der Waals surface area contributed by atoms with E-state index in [4.69, 9.17) is 0 Å². The van der Waals surface area contributed by atoms with Crippen molar-refractivity contribution >= 4 is 46.3 Å². The molecule has 2 aliphatic carbocycles. The Morgan fingerprint density at radius 2 is 0.597 bits per heavy atom. The maximum atomic E-state index is 2.40. The van der Waals surface area contributed by atoms with Crippen molar-refractivity contribution in [3.05, 3.63) is 275 Å². The zero-order valence-corrected chi connectivity index (χ0v) is 42.0. The van der Waals surface area contributed by atoms with Crippen molar-refractivity contribution in [2.45, 2.75) is 52.4 Å². The molecule has 10 aromatic carbocycles. The van der Waals surface area contributed by atoms with Gasteiger partial charge in [-0.2, -0.15) is 0 Å². The molecule has 0 aromatic heterocycles. The van der Waals surface area contributed by atoms with E-state index in [0.717, 1.165) is 45.3 Å². The summed E-state index contributed by atoms with van der Waals surface area (Å²) in [6, 6.07) is 85.1. The van der Waals surface area contributed by atoms with Crippen LogP contribution in [0.3, 0.4) is 0 Å². The highest BCUT2D eigenvalue weighted by molar-refractivity contribution is 5.88. The second-order valence-electron chi connectivity index (χ2n) is 20.8. The number of nitrogens with zero attached hydrogens (tertiary/aromatic N) is 2. The van der Waals surface area contributed by atoms with Gasteiger partial charge in [-0.25, -0.2) is 0 Å². The molecule has 348 valence electrons. The third-order valence-electron chi connectivity index (χ3n) is 15.4. The van der Waals surface area contributed by atoms with Gasteiger partial charge in [0.15, 0.2) is 0 Å². The summed E-state index contributed by atoms with van der Waals surface area (Å²) in [6.07, 6.45) is 4.40. The van der Waals surface area contributed by atoms with Gasteiger partial charge in [0, 0.05) is 45.0 Å². The highest BCUT2D eigenvalue weighted by Crippen LogP contribution is 2.52. The van der Waals surface area contributed by atoms with Gasteiger partial charge in [0.1, 0.15) is 0 Å². The lowest BCUT2D eigenvalue weighted by Gasteiger charge is -2.28. The molecule has 0 unspecified atom stereocenters. The van der Waals surface area contributed by atoms with Crippen LogP contribution in [0.25, 0.3) is 56.7 Å². The van der Waals surface area contributed by atoms with Crippen LogP contribution in [0, 0.1) is 13.8 Å². The zero-order valence-electron chi connectivity index (χ0n) is 42.0. The van der Waals surface area contributed by atoms with Gasteiger partial charge in [-0.3, -0.25) is 0 Å². The van der Waals surface area contributed by atoms with Crippen molar-refractivity contribution in [3.8, 4) is 44.5 Å². The summed E-state index contributed by atoms with van der Waals surface area (Å²) in [7, 11) is 0. The zero-order chi connectivity index (χ0) is 49.1. The van der Waals surface area contributed by atoms with Crippen molar-refractivity contribution in [1.82, 2.24) is 0 Å². The van der Waals surface area contributed by atoms with Crippen LogP contribution in [0.2, 0.25) is 0 Å². The van der Waals surface area contributed by atoms with E-state index in [1.165, 1.54) is 77.9 Å². The molecule has 2 aliphatic rings. The minimum atomic E-state index is -0.0752. The number of anilines is 6. The predicted molar refractivity (Wildman–Crippen MR) is 307 cm³/mol. The topological polar surface area (TPSA) is 6.48 Å². The lowest BCUT2D eigenvalue weighted by molar-refractivity contribution is 0.660. The minimum absolute atomic E-state index is 0.0752. The van der Waals surface area contributed by atoms with E-state index < -0.39 is 0 Å². The Morgan fingerprint density at radius 3 is 0.972 bits per heavy atom. The molecular formula is C70H58N2. The molecule has 0 saturated heterocycles. The Hall–Kier alpha value is -8.46. The van der Waals surface area contributed by atoms with Gasteiger partial charge >= 0.3 is 0 Å². The third-order valence-corrected chi connectivity index (χ3v) is 15.4. The Bertz CT molecular complexity index is 3440. The fourth-order valence-corrected chi connectivity index (χ4v) is 11.5. The van der Waals surface area contributed by atoms with Gasteiger partial charge in [-0.1, -0.05) is 198 Å². The first-order chi connectivity index (χ1) is 35.0. The van der Waals surface area contributed by atoms with Crippen molar-refractivity contribution in [2.24, 2.45) is 0 Å². The molecule has 0 radical (unpaired) electrons. The van der Waals surface area contributed by atoms with E-state index in [1.54, 1.807) is 0 Å². The summed E-state index contributed by atoms with van der Waals surface area (Å²) in [6.45, 7) is 13.7. The van der Waals surface area contributed by atoms with Gasteiger partial charge in [0.25, 0.3) is 0 Å². The Balaban J connectivity index is 0.749. The molecule has 0 N–H and O–H groups in total. The lowest BCUT2D eigenvalue weighted by atomic mass is 9.82. The van der Waals surface area contributed by atoms with Crippen LogP contribution in [-0.2, 0) is 10.8 Å². The van der Waals surface area contributed by atoms with Gasteiger partial charge < -0.3 is 9.80 Å². The molecule has 10 aromatic rings. The summed E-state index contributed by atoms with van der Waals surface area (Å²) >= 11 is 0. The molecule has 12 rings (SSSR count). The second kappa shape index (κ2) is 17.7. The fraction of sp³-hybridized carbons (Fsp3) is 0.114. The van der Waals surface area contributed by atoms with Crippen molar-refractivity contribution in [1.29, 1.82) is 0 Å². The number of fused-ring (bicyclic) bond motifs is 6. The van der Waals surface area contributed by atoms with Crippen LogP contribution in [0.15, 0.2) is 231 Å². The van der Waals surface area contributed by atoms with Crippen molar-refractivity contribution in [3.63, 3.8) is 0 Å². The number of hydrogen-bond acceptors (Lipinski definition) is 2. The molecule has 0 amide bonds. The fourth-order valence-electron chi connectivity index (χ4n) is 11.5. The van der Waals surface area contributed by atoms with Crippen LogP contribution in [0.5, 0.6) is 0 Å². The number of hydrogen-bond donors (Lipinski definition) is 0. The number of benzene rings is 10. The quantitative estimate of drug-likeness (QED) is 0.126. The monoisotopic (exact) mass is 926 g/mol. The highest BCUT2D eigenvalue weighted by atomic mass is 15.1. The first-order valence-corrected chi connectivity index (χ1v) is 25.3. The van der Waals surface area contributed by atoms with E-state index in [-0.39, 0.29) is 10.8 Å². The first-order valence-electron chi connectivity index (χ1n) is 25.3. The SMILES string of the molecule is Cc1cccc(N(c2ccc(-c3ccc(/C=C/c4ccc(-c5ccc(N(c6cccc(C)c6)c6ccc7c(c6)C(C)(C)c6ccccc6-7)cc5)cc4)cc3)cc2)c2ccc3c(c2)C(C)(C)c2ccccc2-3)c1. The summed E-state index contributed by atoms with van der Waals surface area (Å²) < 4.78 is 0. The van der Waals surface area contributed by atoms with Gasteiger partial charge in [0.2, 0.25) is 0 Å². The number of rotatable bonds is 10. The molecule has 2 heteroatoms. The van der Waals surface area contributed by atoms with Gasteiger partial charge in [-0.15, -0.1) is 0 Å². The van der Waals surface area contributed by atoms with E-state index in [9.17, 15) is 0 Å². The van der Waals surface area contributed by atoms with E-state index in [2.05, 4.69) is 294 Å². The lowest BCUT2D eigenvalue weighted by Crippen LogP contribution is -2.16. The van der Waals surface area contributed by atoms with E-state index >= 15 is 0 Å². The first kappa shape index (κ1) is 44.7. The van der Waals surface area contributed by atoms with Crippen LogP contribution in [0.1, 0.15) is 72.2 Å². The van der Waals surface area contributed by atoms with Crippen molar-refractivity contribution in [2.75, 3.05) is 9.80 Å². The Morgan fingerprint density at radius 1 is 0.278 bits per heavy atom. The van der Waals surface area contributed by atoms with E-state index in [1.807, 2.05) is 0 Å². The highest BCUT2D eigenvalue weighted by Gasteiger charge is 2.37.